The summed E-state index contributed by atoms with van der Waals surface area (Å²) in [6, 6.07) is -0.472. The number of allylic oxidation sites excluding steroid dienone is 5. The van der Waals surface area contributed by atoms with Gasteiger partial charge in [-0.05, 0) is 50.9 Å². The number of carbonyl (C=O) groups excluding carboxylic acids is 2. The van der Waals surface area contributed by atoms with E-state index >= 15 is 0 Å². The van der Waals surface area contributed by atoms with Crippen LogP contribution in [0.15, 0.2) is 34.6 Å². The molecule has 4 nitrogen and oxygen atoms in total. The van der Waals surface area contributed by atoms with Crippen LogP contribution in [0.5, 0.6) is 0 Å². The predicted molar refractivity (Wildman–Crippen MR) is 121 cm³/mol. The molecule has 0 aromatic heterocycles. The lowest BCUT2D eigenvalue weighted by Crippen LogP contribution is -2.42. The molecule has 0 bridgehead atoms. The van der Waals surface area contributed by atoms with Crippen molar-refractivity contribution in [2.75, 3.05) is 7.05 Å². The molecule has 1 aliphatic heterocycles. The SMILES string of the molecule is C/C=C(\C)[C@H]1C(C)=C[C@@H]2CCC[C@H](C)[C@H]2[C@@H]1/C(O)=C1\C(=O)[C@@H](C(C)CC)N(C)C1=O. The summed E-state index contributed by atoms with van der Waals surface area (Å²) in [5, 5.41) is 11.7. The van der Waals surface area contributed by atoms with Gasteiger partial charge in [-0.3, -0.25) is 9.59 Å². The molecule has 0 radical (unpaired) electrons. The van der Waals surface area contributed by atoms with Crippen molar-refractivity contribution >= 4 is 11.7 Å². The first kappa shape index (κ1) is 22.8. The van der Waals surface area contributed by atoms with Gasteiger partial charge in [-0.2, -0.15) is 0 Å². The van der Waals surface area contributed by atoms with E-state index in [9.17, 15) is 14.7 Å². The van der Waals surface area contributed by atoms with E-state index in [1.165, 1.54) is 17.6 Å². The number of likely N-dealkylation sites (tertiary alicyclic amines) is 1. The van der Waals surface area contributed by atoms with E-state index in [4.69, 9.17) is 0 Å². The lowest BCUT2D eigenvalue weighted by atomic mass is 9.57. The van der Waals surface area contributed by atoms with Gasteiger partial charge in [-0.1, -0.05) is 63.3 Å². The summed E-state index contributed by atoms with van der Waals surface area (Å²) in [7, 11) is 1.70. The summed E-state index contributed by atoms with van der Waals surface area (Å²) in [6.07, 6.45) is 8.76. The van der Waals surface area contributed by atoms with Crippen molar-refractivity contribution < 1.29 is 14.7 Å². The number of carbonyl (C=O) groups is 2. The maximum Gasteiger partial charge on any atom is 0.261 e. The Kier molecular flexibility index (Phi) is 6.64. The number of amides is 1. The van der Waals surface area contributed by atoms with Gasteiger partial charge in [0.1, 0.15) is 11.3 Å². The number of likely N-dealkylation sites (N-methyl/N-ethyl adjacent to an activating group) is 1. The second-order valence-electron chi connectivity index (χ2n) is 9.97. The third-order valence-electron chi connectivity index (χ3n) is 8.26. The van der Waals surface area contributed by atoms with Gasteiger partial charge in [0.2, 0.25) is 0 Å². The fourth-order valence-electron chi connectivity index (χ4n) is 6.40. The first-order valence-corrected chi connectivity index (χ1v) is 11.7. The molecule has 1 saturated heterocycles. The highest BCUT2D eigenvalue weighted by Gasteiger charge is 2.51. The second-order valence-corrected chi connectivity index (χ2v) is 9.97. The van der Waals surface area contributed by atoms with Crippen LogP contribution in [0.2, 0.25) is 0 Å². The fourth-order valence-corrected chi connectivity index (χ4v) is 6.40. The van der Waals surface area contributed by atoms with E-state index in [1.807, 2.05) is 20.8 Å². The highest BCUT2D eigenvalue weighted by atomic mass is 16.3. The number of aliphatic hydroxyl groups excluding tert-OH is 1. The van der Waals surface area contributed by atoms with Gasteiger partial charge in [0.25, 0.3) is 5.91 Å². The maximum absolute atomic E-state index is 13.4. The minimum atomic E-state index is -0.472. The molecule has 2 fully saturated rings. The topological polar surface area (TPSA) is 57.6 Å². The summed E-state index contributed by atoms with van der Waals surface area (Å²) < 4.78 is 0. The minimum absolute atomic E-state index is 0.0397. The smallest absolute Gasteiger partial charge is 0.261 e. The Bertz CT molecular complexity index is 805. The van der Waals surface area contributed by atoms with Crippen LogP contribution in [0.25, 0.3) is 0 Å². The van der Waals surface area contributed by atoms with Crippen molar-refractivity contribution in [2.45, 2.75) is 73.3 Å². The zero-order valence-corrected chi connectivity index (χ0v) is 19.7. The average molecular weight is 414 g/mol. The molecule has 30 heavy (non-hydrogen) atoms. The molecule has 7 atom stereocenters. The molecular weight excluding hydrogens is 374 g/mol. The summed E-state index contributed by atoms with van der Waals surface area (Å²) in [4.78, 5) is 28.1. The highest BCUT2D eigenvalue weighted by molar-refractivity contribution is 6.26. The van der Waals surface area contributed by atoms with Crippen molar-refractivity contribution in [2.24, 2.45) is 35.5 Å². The van der Waals surface area contributed by atoms with Gasteiger partial charge in [-0.15, -0.1) is 0 Å². The van der Waals surface area contributed by atoms with Crippen molar-refractivity contribution in [3.63, 3.8) is 0 Å². The van der Waals surface area contributed by atoms with E-state index in [0.29, 0.717) is 11.8 Å². The Morgan fingerprint density at radius 2 is 2.00 bits per heavy atom. The largest absolute Gasteiger partial charge is 0.511 e. The Balaban J connectivity index is 2.17. The number of hydrogen-bond donors (Lipinski definition) is 1. The van der Waals surface area contributed by atoms with E-state index in [1.54, 1.807) is 11.9 Å². The van der Waals surface area contributed by atoms with Gasteiger partial charge < -0.3 is 10.0 Å². The van der Waals surface area contributed by atoms with Crippen LogP contribution in [0, 0.1) is 35.5 Å². The van der Waals surface area contributed by atoms with Crippen molar-refractivity contribution in [3.05, 3.63) is 34.6 Å². The lowest BCUT2D eigenvalue weighted by Gasteiger charge is -2.47. The third kappa shape index (κ3) is 3.56. The molecule has 1 amide bonds. The van der Waals surface area contributed by atoms with Crippen LogP contribution in [-0.4, -0.2) is 34.8 Å². The molecule has 3 rings (SSSR count). The average Bonchev–Trinajstić information content (AvgIpc) is 2.94. The van der Waals surface area contributed by atoms with E-state index in [2.05, 4.69) is 32.9 Å². The van der Waals surface area contributed by atoms with E-state index in [0.717, 1.165) is 19.3 Å². The summed E-state index contributed by atoms with van der Waals surface area (Å²) >= 11 is 0. The maximum atomic E-state index is 13.4. The van der Waals surface area contributed by atoms with E-state index < -0.39 is 6.04 Å². The van der Waals surface area contributed by atoms with Gasteiger partial charge in [0.05, 0.1) is 6.04 Å². The van der Waals surface area contributed by atoms with Gasteiger partial charge in [0.15, 0.2) is 5.78 Å². The quantitative estimate of drug-likeness (QED) is 0.288. The number of nitrogens with zero attached hydrogens (tertiary/aromatic N) is 1. The summed E-state index contributed by atoms with van der Waals surface area (Å²) in [5.74, 6) is 0.536. The Morgan fingerprint density at radius 1 is 1.33 bits per heavy atom. The number of rotatable bonds is 4. The highest BCUT2D eigenvalue weighted by Crippen LogP contribution is 2.53. The normalized spacial score (nSPS) is 37.8. The Morgan fingerprint density at radius 3 is 2.60 bits per heavy atom. The van der Waals surface area contributed by atoms with Crippen LogP contribution in [0.4, 0.5) is 0 Å². The van der Waals surface area contributed by atoms with Crippen LogP contribution in [0.3, 0.4) is 0 Å². The number of fused-ring (bicyclic) bond motifs is 1. The molecule has 0 aromatic rings. The van der Waals surface area contributed by atoms with Crippen LogP contribution < -0.4 is 0 Å². The predicted octanol–water partition coefficient (Wildman–Crippen LogP) is 5.47. The Labute approximate surface area is 182 Å². The van der Waals surface area contributed by atoms with Crippen LogP contribution in [0.1, 0.15) is 67.2 Å². The molecule has 1 unspecified atom stereocenters. The molecule has 1 heterocycles. The van der Waals surface area contributed by atoms with Crippen molar-refractivity contribution in [1.82, 2.24) is 4.90 Å². The molecule has 0 spiro atoms. The molecule has 3 aliphatic rings. The zero-order chi connectivity index (χ0) is 22.3. The van der Waals surface area contributed by atoms with Gasteiger partial charge in [-0.25, -0.2) is 0 Å². The lowest BCUT2D eigenvalue weighted by molar-refractivity contribution is -0.126. The molecule has 4 heteroatoms. The van der Waals surface area contributed by atoms with E-state index in [-0.39, 0.29) is 46.7 Å². The monoisotopic (exact) mass is 413 g/mol. The standard InChI is InChI=1S/C26H39NO3/c1-8-14(3)19-17(6)13-18-12-10-11-16(5)20(18)21(19)24(28)22-25(29)23(15(4)9-2)27(7)26(22)30/h8,13,15-16,18-21,23,28H,9-12H2,1-7H3/b14-8+,24-22-/t15?,16-,18-,19-,20+,21+,23+/m0/s1. The van der Waals surface area contributed by atoms with Crippen LogP contribution >= 0.6 is 0 Å². The second kappa shape index (κ2) is 8.72. The number of ketones is 1. The zero-order valence-electron chi connectivity index (χ0n) is 19.7. The first-order chi connectivity index (χ1) is 14.1. The molecule has 1 N–H and O–H groups in total. The number of hydrogen-bond acceptors (Lipinski definition) is 3. The molecule has 166 valence electrons. The summed E-state index contributed by atoms with van der Waals surface area (Å²) in [5.41, 5.74) is 2.50. The third-order valence-corrected chi connectivity index (χ3v) is 8.26. The van der Waals surface area contributed by atoms with Crippen molar-refractivity contribution in [1.29, 1.82) is 0 Å². The first-order valence-electron chi connectivity index (χ1n) is 11.7. The van der Waals surface area contributed by atoms with Gasteiger partial charge in [0, 0.05) is 18.9 Å². The fraction of sp³-hybridized carbons (Fsp3) is 0.692. The Hall–Kier alpha value is -1.84. The molecular formula is C26H39NO3. The number of aliphatic hydroxyl groups is 1. The number of Topliss-reactive ketones (excluding diaryl/α,β-unsaturated/α-hetero) is 1. The molecule has 1 saturated carbocycles. The van der Waals surface area contributed by atoms with Crippen molar-refractivity contribution in [3.8, 4) is 0 Å². The van der Waals surface area contributed by atoms with Crippen LogP contribution in [-0.2, 0) is 9.59 Å². The summed E-state index contributed by atoms with van der Waals surface area (Å²) in [6.45, 7) is 12.6. The molecule has 0 aromatic carbocycles. The molecule has 2 aliphatic carbocycles. The van der Waals surface area contributed by atoms with Gasteiger partial charge >= 0.3 is 0 Å². The minimum Gasteiger partial charge on any atom is -0.511 e.